The molecule has 8 heteroatoms. The number of hydrogen-bond donors (Lipinski definition) is 2. The van der Waals surface area contributed by atoms with E-state index in [0.717, 1.165) is 17.7 Å². The van der Waals surface area contributed by atoms with Gasteiger partial charge in [0.1, 0.15) is 0 Å². The van der Waals surface area contributed by atoms with Crippen molar-refractivity contribution in [1.29, 1.82) is 0 Å². The van der Waals surface area contributed by atoms with Crippen molar-refractivity contribution in [3.63, 3.8) is 0 Å². The minimum absolute atomic E-state index is 0.0301. The fraction of sp³-hybridized carbons (Fsp3) is 0.700. The Kier molecular flexibility index (Phi) is 4.21. The summed E-state index contributed by atoms with van der Waals surface area (Å²) in [6, 6.07) is 0. The topological polar surface area (TPSA) is 82.5 Å². The van der Waals surface area contributed by atoms with Gasteiger partial charge in [-0.1, -0.05) is 0 Å². The first-order valence-corrected chi connectivity index (χ1v) is 8.08. The molecule has 102 valence electrons. The SMILES string of the molecule is Cc1cnc(NS(=O)(=O)N2CCCC(CO)C2)s1. The fourth-order valence-electron chi connectivity index (χ4n) is 1.97. The molecule has 1 unspecified atom stereocenters. The molecule has 1 atom stereocenters. The number of aryl methyl sites for hydroxylation is 1. The first-order valence-electron chi connectivity index (χ1n) is 5.82. The van der Waals surface area contributed by atoms with Gasteiger partial charge in [0, 0.05) is 30.8 Å². The molecule has 18 heavy (non-hydrogen) atoms. The van der Waals surface area contributed by atoms with Gasteiger partial charge in [0.05, 0.1) is 0 Å². The van der Waals surface area contributed by atoms with Crippen molar-refractivity contribution in [1.82, 2.24) is 9.29 Å². The van der Waals surface area contributed by atoms with Crippen LogP contribution in [-0.4, -0.2) is 42.5 Å². The normalized spacial score (nSPS) is 22.0. The van der Waals surface area contributed by atoms with E-state index in [-0.39, 0.29) is 12.5 Å². The molecule has 0 spiro atoms. The number of aromatic nitrogens is 1. The molecule has 0 amide bonds. The molecule has 2 N–H and O–H groups in total. The van der Waals surface area contributed by atoms with Gasteiger partial charge in [0.25, 0.3) is 0 Å². The van der Waals surface area contributed by atoms with Crippen LogP contribution in [0.15, 0.2) is 6.20 Å². The summed E-state index contributed by atoms with van der Waals surface area (Å²) in [5.74, 6) is 0.0355. The third-order valence-corrected chi connectivity index (χ3v) is 5.34. The number of hydrogen-bond acceptors (Lipinski definition) is 5. The number of aliphatic hydroxyl groups excluding tert-OH is 1. The molecular formula is C10H17N3O3S2. The summed E-state index contributed by atoms with van der Waals surface area (Å²) < 4.78 is 28.1. The van der Waals surface area contributed by atoms with E-state index in [4.69, 9.17) is 5.11 Å². The molecule has 1 aliphatic heterocycles. The van der Waals surface area contributed by atoms with Gasteiger partial charge in [-0.2, -0.15) is 12.7 Å². The smallest absolute Gasteiger partial charge is 0.303 e. The number of piperidine rings is 1. The lowest BCUT2D eigenvalue weighted by molar-refractivity contribution is 0.166. The van der Waals surface area contributed by atoms with Crippen molar-refractivity contribution in [2.24, 2.45) is 5.92 Å². The second-order valence-electron chi connectivity index (χ2n) is 4.43. The van der Waals surface area contributed by atoms with E-state index in [0.29, 0.717) is 18.2 Å². The molecule has 1 saturated heterocycles. The van der Waals surface area contributed by atoms with Crippen LogP contribution in [0.3, 0.4) is 0 Å². The predicted octanol–water partition coefficient (Wildman–Crippen LogP) is 0.813. The van der Waals surface area contributed by atoms with Crippen LogP contribution >= 0.6 is 11.3 Å². The van der Waals surface area contributed by atoms with E-state index in [9.17, 15) is 8.42 Å². The summed E-state index contributed by atoms with van der Waals surface area (Å²) in [4.78, 5) is 4.95. The molecule has 2 heterocycles. The fourth-order valence-corrected chi connectivity index (χ4v) is 4.15. The largest absolute Gasteiger partial charge is 0.396 e. The Morgan fingerprint density at radius 3 is 3.06 bits per heavy atom. The summed E-state index contributed by atoms with van der Waals surface area (Å²) in [5, 5.41) is 9.50. The van der Waals surface area contributed by atoms with E-state index < -0.39 is 10.2 Å². The number of nitrogens with zero attached hydrogens (tertiary/aromatic N) is 2. The van der Waals surface area contributed by atoms with E-state index in [1.807, 2.05) is 6.92 Å². The highest BCUT2D eigenvalue weighted by molar-refractivity contribution is 7.90. The predicted molar refractivity (Wildman–Crippen MR) is 70.8 cm³/mol. The Labute approximate surface area is 111 Å². The van der Waals surface area contributed by atoms with E-state index in [2.05, 4.69) is 9.71 Å². The molecular weight excluding hydrogens is 274 g/mol. The first-order chi connectivity index (χ1) is 8.51. The lowest BCUT2D eigenvalue weighted by Crippen LogP contribution is -2.43. The van der Waals surface area contributed by atoms with Crippen LogP contribution in [-0.2, 0) is 10.2 Å². The van der Waals surface area contributed by atoms with Crippen molar-refractivity contribution in [2.45, 2.75) is 19.8 Å². The highest BCUT2D eigenvalue weighted by atomic mass is 32.2. The van der Waals surface area contributed by atoms with Gasteiger partial charge in [-0.25, -0.2) is 9.71 Å². The Bertz CT molecular complexity index is 500. The van der Waals surface area contributed by atoms with E-state index in [1.54, 1.807) is 6.20 Å². The number of rotatable bonds is 4. The Morgan fingerprint density at radius 1 is 1.67 bits per heavy atom. The molecule has 0 saturated carbocycles. The van der Waals surface area contributed by atoms with Crippen molar-refractivity contribution >= 4 is 26.7 Å². The first kappa shape index (κ1) is 13.7. The Balaban J connectivity index is 2.06. The molecule has 0 aromatic carbocycles. The monoisotopic (exact) mass is 291 g/mol. The highest BCUT2D eigenvalue weighted by Crippen LogP contribution is 2.22. The lowest BCUT2D eigenvalue weighted by atomic mass is 10.0. The van der Waals surface area contributed by atoms with Gasteiger partial charge in [-0.3, -0.25) is 0 Å². The zero-order valence-corrected chi connectivity index (χ0v) is 11.8. The molecule has 1 aliphatic rings. The lowest BCUT2D eigenvalue weighted by Gasteiger charge is -2.30. The summed E-state index contributed by atoms with van der Waals surface area (Å²) in [6.07, 6.45) is 3.29. The van der Waals surface area contributed by atoms with Crippen molar-refractivity contribution in [3.8, 4) is 0 Å². The zero-order valence-electron chi connectivity index (χ0n) is 10.2. The molecule has 2 rings (SSSR count). The maximum Gasteiger partial charge on any atom is 0.303 e. The van der Waals surface area contributed by atoms with Crippen LogP contribution in [0.25, 0.3) is 0 Å². The number of thiazole rings is 1. The molecule has 1 fully saturated rings. The average molecular weight is 291 g/mol. The second kappa shape index (κ2) is 5.52. The minimum atomic E-state index is -3.55. The van der Waals surface area contributed by atoms with Crippen LogP contribution in [0, 0.1) is 12.8 Å². The molecule has 0 radical (unpaired) electrons. The van der Waals surface area contributed by atoms with Gasteiger partial charge in [-0.15, -0.1) is 11.3 Å². The van der Waals surface area contributed by atoms with Crippen LogP contribution in [0.2, 0.25) is 0 Å². The summed E-state index contributed by atoms with van der Waals surface area (Å²) in [6.45, 7) is 2.77. The summed E-state index contributed by atoms with van der Waals surface area (Å²) in [7, 11) is -3.55. The molecule has 1 aromatic rings. The third-order valence-electron chi connectivity index (χ3n) is 2.92. The van der Waals surface area contributed by atoms with Crippen LogP contribution in [0.1, 0.15) is 17.7 Å². The van der Waals surface area contributed by atoms with Gasteiger partial charge < -0.3 is 5.11 Å². The molecule has 1 aromatic heterocycles. The Morgan fingerprint density at radius 2 is 2.44 bits per heavy atom. The van der Waals surface area contributed by atoms with Gasteiger partial charge >= 0.3 is 10.2 Å². The van der Waals surface area contributed by atoms with Crippen LogP contribution < -0.4 is 4.72 Å². The maximum atomic E-state index is 12.1. The average Bonchev–Trinajstić information content (AvgIpc) is 2.74. The van der Waals surface area contributed by atoms with Crippen LogP contribution in [0.4, 0.5) is 5.13 Å². The number of anilines is 1. The molecule has 0 aliphatic carbocycles. The Hall–Kier alpha value is -0.700. The minimum Gasteiger partial charge on any atom is -0.396 e. The van der Waals surface area contributed by atoms with Crippen molar-refractivity contribution in [2.75, 3.05) is 24.4 Å². The maximum absolute atomic E-state index is 12.1. The number of aliphatic hydroxyl groups is 1. The summed E-state index contributed by atoms with van der Waals surface area (Å²) >= 11 is 1.31. The summed E-state index contributed by atoms with van der Waals surface area (Å²) in [5.41, 5.74) is 0. The van der Waals surface area contributed by atoms with E-state index >= 15 is 0 Å². The van der Waals surface area contributed by atoms with Crippen molar-refractivity contribution < 1.29 is 13.5 Å². The van der Waals surface area contributed by atoms with Crippen molar-refractivity contribution in [3.05, 3.63) is 11.1 Å². The molecule has 6 nitrogen and oxygen atoms in total. The molecule has 0 bridgehead atoms. The quantitative estimate of drug-likeness (QED) is 0.860. The second-order valence-corrected chi connectivity index (χ2v) is 7.34. The van der Waals surface area contributed by atoms with E-state index in [1.165, 1.54) is 15.6 Å². The number of nitrogens with one attached hydrogen (secondary N) is 1. The standard InChI is InChI=1S/C10H17N3O3S2/c1-8-5-11-10(17-8)12-18(15,16)13-4-2-3-9(6-13)7-14/h5,9,14H,2-4,6-7H2,1H3,(H,11,12). The third kappa shape index (κ3) is 3.19. The zero-order chi connectivity index (χ0) is 13.2. The van der Waals surface area contributed by atoms with Gasteiger partial charge in [-0.05, 0) is 25.7 Å². The van der Waals surface area contributed by atoms with Gasteiger partial charge in [0.2, 0.25) is 0 Å². The van der Waals surface area contributed by atoms with Gasteiger partial charge in [0.15, 0.2) is 5.13 Å². The highest BCUT2D eigenvalue weighted by Gasteiger charge is 2.29. The van der Waals surface area contributed by atoms with Crippen LogP contribution in [0.5, 0.6) is 0 Å².